The summed E-state index contributed by atoms with van der Waals surface area (Å²) in [5.41, 5.74) is 4.77. The molecule has 4 N–H and O–H groups in total. The Morgan fingerprint density at radius 2 is 1.47 bits per heavy atom. The van der Waals surface area contributed by atoms with Crippen LogP contribution in [0.4, 0.5) is 10.1 Å². The number of aliphatic hydroxyl groups excluding tert-OH is 2. The van der Waals surface area contributed by atoms with E-state index in [9.17, 15) is 24.2 Å². The van der Waals surface area contributed by atoms with Gasteiger partial charge in [-0.2, -0.15) is 0 Å². The van der Waals surface area contributed by atoms with Gasteiger partial charge in [0.25, 0.3) is 5.91 Å². The molecule has 0 spiro atoms. The number of amides is 1. The number of carboxylic acids is 1. The summed E-state index contributed by atoms with van der Waals surface area (Å²) in [4.78, 5) is 25.0. The van der Waals surface area contributed by atoms with Gasteiger partial charge in [0.15, 0.2) is 0 Å². The van der Waals surface area contributed by atoms with Gasteiger partial charge in [-0.05, 0) is 66.3 Å². The third kappa shape index (κ3) is 10.0. The smallest absolute Gasteiger partial charge is 1.00 e. The predicted octanol–water partition coefficient (Wildman–Crippen LogP) is 6.00. The average molecular weight is 740 g/mol. The molecule has 222 valence electrons. The molecule has 7 nitrogen and oxygen atoms in total. The molecule has 0 bridgehead atoms. The summed E-state index contributed by atoms with van der Waals surface area (Å²) in [5.74, 6) is -1.93. The van der Waals surface area contributed by atoms with Crippen LogP contribution in [0.1, 0.15) is 60.8 Å². The van der Waals surface area contributed by atoms with Crippen LogP contribution in [0.5, 0.6) is 0 Å². The second-order valence-corrected chi connectivity index (χ2v) is 10.4. The second-order valence-electron chi connectivity index (χ2n) is 10.4. The largest absolute Gasteiger partial charge is 2.00 e. The van der Waals surface area contributed by atoms with Crippen molar-refractivity contribution in [2.75, 3.05) is 5.32 Å². The van der Waals surface area contributed by atoms with Crippen molar-refractivity contribution in [2.45, 2.75) is 57.8 Å². The SMILES string of the molecule is CC(C)c1c(C(=O)Nc2ccccc2)c(-c2ccccc2)c(-c2ccc(F)cc2)n1CCC(O)CC(O)CC(=O)O.[Ba+2].[Ca+2].[H-].[H-].[H-].[H-]. The summed E-state index contributed by atoms with van der Waals surface area (Å²) in [7, 11) is 0. The number of carbonyl (C=O) groups excluding carboxylic acids is 1. The second kappa shape index (κ2) is 17.9. The minimum atomic E-state index is -1.18. The number of nitrogens with one attached hydrogen (secondary N) is 1. The summed E-state index contributed by atoms with van der Waals surface area (Å²) in [6, 6.07) is 24.8. The molecule has 1 amide bonds. The van der Waals surface area contributed by atoms with Gasteiger partial charge in [0, 0.05) is 23.5 Å². The van der Waals surface area contributed by atoms with E-state index in [4.69, 9.17) is 5.11 Å². The first-order valence-electron chi connectivity index (χ1n) is 13.7. The van der Waals surface area contributed by atoms with E-state index >= 15 is 0 Å². The Kier molecular flexibility index (Phi) is 15.7. The molecule has 1 aromatic heterocycles. The van der Waals surface area contributed by atoms with E-state index in [1.54, 1.807) is 12.1 Å². The number of para-hydroxylation sites is 1. The van der Waals surface area contributed by atoms with Crippen molar-refractivity contribution >= 4 is 104 Å². The van der Waals surface area contributed by atoms with Gasteiger partial charge < -0.3 is 30.9 Å². The number of nitrogens with zero attached hydrogens (tertiary/aromatic N) is 1. The Labute approximate surface area is 327 Å². The summed E-state index contributed by atoms with van der Waals surface area (Å²) in [6.45, 7) is 4.25. The number of hydrogen-bond acceptors (Lipinski definition) is 4. The van der Waals surface area contributed by atoms with Gasteiger partial charge in [0.1, 0.15) is 5.82 Å². The van der Waals surface area contributed by atoms with Crippen LogP contribution >= 0.6 is 0 Å². The Morgan fingerprint density at radius 1 is 0.884 bits per heavy atom. The van der Waals surface area contributed by atoms with Gasteiger partial charge in [-0.25, -0.2) is 4.39 Å². The molecule has 0 saturated carbocycles. The third-order valence-electron chi connectivity index (χ3n) is 6.93. The number of anilines is 1. The molecule has 10 heteroatoms. The Bertz CT molecular complexity index is 1500. The number of aliphatic carboxylic acids is 1. The van der Waals surface area contributed by atoms with Crippen molar-refractivity contribution in [2.24, 2.45) is 0 Å². The van der Waals surface area contributed by atoms with Crippen molar-refractivity contribution in [3.63, 3.8) is 0 Å². The van der Waals surface area contributed by atoms with Crippen LogP contribution in [0.2, 0.25) is 0 Å². The Morgan fingerprint density at radius 3 is 2.02 bits per heavy atom. The van der Waals surface area contributed by atoms with Gasteiger partial charge in [-0.3, -0.25) is 9.59 Å². The first-order valence-corrected chi connectivity index (χ1v) is 13.7. The van der Waals surface area contributed by atoms with Gasteiger partial charge in [-0.15, -0.1) is 0 Å². The summed E-state index contributed by atoms with van der Waals surface area (Å²) in [5, 5.41) is 32.8. The van der Waals surface area contributed by atoms with Gasteiger partial charge in [0.2, 0.25) is 0 Å². The Balaban J connectivity index is -0.00000323. The predicted molar refractivity (Wildman–Crippen MR) is 173 cm³/mol. The van der Waals surface area contributed by atoms with Crippen LogP contribution in [0.15, 0.2) is 84.9 Å². The summed E-state index contributed by atoms with van der Waals surface area (Å²) in [6.07, 6.45) is -2.51. The first kappa shape index (κ1) is 37.7. The molecule has 2 atom stereocenters. The molecule has 2 unspecified atom stereocenters. The number of aliphatic hydroxyl groups is 2. The molecule has 4 rings (SSSR count). The van der Waals surface area contributed by atoms with Crippen LogP contribution < -0.4 is 5.32 Å². The van der Waals surface area contributed by atoms with E-state index in [2.05, 4.69) is 5.32 Å². The fourth-order valence-corrected chi connectivity index (χ4v) is 5.20. The molecule has 0 saturated heterocycles. The van der Waals surface area contributed by atoms with Crippen molar-refractivity contribution < 1.29 is 35.0 Å². The summed E-state index contributed by atoms with van der Waals surface area (Å²) >= 11 is 0. The Hall–Kier alpha value is -1.44. The van der Waals surface area contributed by atoms with Crippen LogP contribution in [-0.2, 0) is 11.3 Å². The molecule has 0 fully saturated rings. The van der Waals surface area contributed by atoms with Gasteiger partial charge >= 0.3 is 92.6 Å². The van der Waals surface area contributed by atoms with Gasteiger partial charge in [0.05, 0.1) is 29.9 Å². The van der Waals surface area contributed by atoms with E-state index in [-0.39, 0.29) is 129 Å². The maximum Gasteiger partial charge on any atom is 2.00 e. The zero-order valence-electron chi connectivity index (χ0n) is 28.5. The number of hydrogen-bond donors (Lipinski definition) is 4. The van der Waals surface area contributed by atoms with Crippen LogP contribution in [-0.4, -0.2) is 131 Å². The number of rotatable bonds is 12. The maximum absolute atomic E-state index is 14.0. The van der Waals surface area contributed by atoms with Crippen LogP contribution in [0.25, 0.3) is 22.4 Å². The molecule has 0 radical (unpaired) electrons. The number of aromatic nitrogens is 1. The van der Waals surface area contributed by atoms with Crippen molar-refractivity contribution in [3.05, 3.63) is 102 Å². The van der Waals surface area contributed by atoms with Crippen molar-refractivity contribution in [1.82, 2.24) is 4.57 Å². The minimum Gasteiger partial charge on any atom is -1.00 e. The van der Waals surface area contributed by atoms with E-state index < -0.39 is 24.6 Å². The van der Waals surface area contributed by atoms with E-state index in [0.29, 0.717) is 28.1 Å². The fourth-order valence-electron chi connectivity index (χ4n) is 5.20. The van der Waals surface area contributed by atoms with Crippen LogP contribution in [0, 0.1) is 5.82 Å². The standard InChI is InChI=1S/C33H35FN2O5.Ba.Ca.4H/c1-21(2)31-30(33(41)35-25-11-7-4-8-12-25)29(22-9-5-3-6-10-22)32(23-13-15-24(34)16-14-23)36(31)18-17-26(37)19-27(38)20-28(39)40;;;;;;/h3-16,21,26-27,37-38H,17-20H2,1-2H3,(H,35,41)(H,39,40);;;;;;/q;2*+2;4*-1. The van der Waals surface area contributed by atoms with E-state index in [1.807, 2.05) is 79.1 Å². The summed E-state index contributed by atoms with van der Waals surface area (Å²) < 4.78 is 16.0. The zero-order valence-corrected chi connectivity index (χ0v) is 31.2. The number of carboxylic acid groups (broad SMARTS) is 1. The van der Waals surface area contributed by atoms with Gasteiger partial charge in [-0.1, -0.05) is 62.4 Å². The van der Waals surface area contributed by atoms with Crippen molar-refractivity contribution in [1.29, 1.82) is 0 Å². The third-order valence-corrected chi connectivity index (χ3v) is 6.93. The van der Waals surface area contributed by atoms with E-state index in [0.717, 1.165) is 11.3 Å². The molecule has 0 aliphatic heterocycles. The fraction of sp³-hybridized carbons (Fsp3) is 0.273. The molecule has 3 aromatic carbocycles. The zero-order chi connectivity index (χ0) is 29.5. The molecule has 0 aliphatic carbocycles. The maximum atomic E-state index is 14.0. The van der Waals surface area contributed by atoms with Crippen LogP contribution in [0.3, 0.4) is 0 Å². The molecule has 4 aromatic rings. The molecular weight excluding hydrogens is 701 g/mol. The molecule has 43 heavy (non-hydrogen) atoms. The monoisotopic (exact) mass is 740 g/mol. The number of halogens is 1. The minimum absolute atomic E-state index is 0. The molecule has 0 aliphatic rings. The molecule has 1 heterocycles. The van der Waals surface area contributed by atoms with E-state index in [1.165, 1.54) is 12.1 Å². The quantitative estimate of drug-likeness (QED) is 0.133. The number of carbonyl (C=O) groups is 2. The normalized spacial score (nSPS) is 12.1. The van der Waals surface area contributed by atoms with Crippen molar-refractivity contribution in [3.8, 4) is 22.4 Å². The first-order chi connectivity index (χ1) is 19.7. The average Bonchev–Trinajstić information content (AvgIpc) is 3.28. The molecular formula is C33H39BaCaFN2O5. The topological polar surface area (TPSA) is 112 Å². The number of benzene rings is 3.